The van der Waals surface area contributed by atoms with Crippen molar-refractivity contribution in [2.24, 2.45) is 17.8 Å². The second kappa shape index (κ2) is 4.07. The molecule has 96 valence electrons. The van der Waals surface area contributed by atoms with E-state index < -0.39 is 15.9 Å². The van der Waals surface area contributed by atoms with Crippen LogP contribution in [0.2, 0.25) is 0 Å². The molecule has 0 amide bonds. The minimum atomic E-state index is -3.03. The molecule has 2 aliphatic carbocycles. The second-order valence-corrected chi connectivity index (χ2v) is 7.85. The molecule has 1 aliphatic heterocycles. The molecule has 5 heteroatoms. The smallest absolute Gasteiger partial charge is 0.154 e. The molecule has 0 unspecified atom stereocenters. The highest BCUT2D eigenvalue weighted by Crippen LogP contribution is 2.43. The molecule has 2 fully saturated rings. The van der Waals surface area contributed by atoms with Crippen LogP contribution >= 0.6 is 0 Å². The first kappa shape index (κ1) is 11.7. The van der Waals surface area contributed by atoms with Crippen LogP contribution in [0.15, 0.2) is 12.2 Å². The molecule has 0 radical (unpaired) electrons. The van der Waals surface area contributed by atoms with Crippen molar-refractivity contribution in [2.45, 2.75) is 25.0 Å². The molecule has 1 heterocycles. The van der Waals surface area contributed by atoms with Crippen molar-refractivity contribution in [3.8, 4) is 0 Å². The van der Waals surface area contributed by atoms with Gasteiger partial charge in [-0.25, -0.2) is 8.42 Å². The third-order valence-corrected chi connectivity index (χ3v) is 6.10. The molecule has 5 atom stereocenters. The zero-order valence-corrected chi connectivity index (χ0v) is 10.6. The fraction of sp³-hybridized carbons (Fsp3) is 0.833. The summed E-state index contributed by atoms with van der Waals surface area (Å²) >= 11 is 0. The normalized spacial score (nSPS) is 46.8. The van der Waals surface area contributed by atoms with Crippen LogP contribution in [0.25, 0.3) is 0 Å². The fourth-order valence-corrected chi connectivity index (χ4v) is 5.23. The summed E-state index contributed by atoms with van der Waals surface area (Å²) in [6.45, 7) is 0.836. The third-order valence-electron chi connectivity index (χ3n) is 4.38. The molecule has 4 nitrogen and oxygen atoms in total. The monoisotopic (exact) mass is 257 g/mol. The van der Waals surface area contributed by atoms with Crippen LogP contribution in [0.4, 0.5) is 0 Å². The highest BCUT2D eigenvalue weighted by Gasteiger charge is 2.39. The first-order valence-corrected chi connectivity index (χ1v) is 8.16. The lowest BCUT2D eigenvalue weighted by Crippen LogP contribution is -2.41. The fourth-order valence-electron chi connectivity index (χ4n) is 3.46. The largest absolute Gasteiger partial charge is 0.390 e. The van der Waals surface area contributed by atoms with E-state index in [0.717, 1.165) is 12.5 Å². The van der Waals surface area contributed by atoms with Crippen LogP contribution in [-0.2, 0) is 9.84 Å². The number of fused-ring (bicyclic) bond motifs is 2. The molecule has 3 aliphatic rings. The quantitative estimate of drug-likeness (QED) is 0.696. The van der Waals surface area contributed by atoms with E-state index in [1.54, 1.807) is 0 Å². The summed E-state index contributed by atoms with van der Waals surface area (Å²) in [4.78, 5) is 0. The second-order valence-electron chi connectivity index (χ2n) is 5.70. The SMILES string of the molecule is O=S1(=O)C[C@@H](O)[C@@H](NC[C@@H]2C[C@@H]3C=C[C@@H]2C3)C1. The van der Waals surface area contributed by atoms with Crippen LogP contribution in [-0.4, -0.2) is 43.7 Å². The Kier molecular flexibility index (Phi) is 2.80. The molecule has 3 rings (SSSR count). The van der Waals surface area contributed by atoms with Gasteiger partial charge in [0.15, 0.2) is 9.84 Å². The van der Waals surface area contributed by atoms with Crippen molar-refractivity contribution in [1.29, 1.82) is 0 Å². The van der Waals surface area contributed by atoms with Gasteiger partial charge in [0.05, 0.1) is 17.6 Å². The Hall–Kier alpha value is -0.390. The van der Waals surface area contributed by atoms with E-state index >= 15 is 0 Å². The van der Waals surface area contributed by atoms with Gasteiger partial charge in [-0.05, 0) is 37.1 Å². The number of hydrogen-bond acceptors (Lipinski definition) is 4. The molecule has 0 aromatic carbocycles. The molecular weight excluding hydrogens is 238 g/mol. The number of sulfone groups is 1. The minimum Gasteiger partial charge on any atom is -0.390 e. The maximum absolute atomic E-state index is 11.4. The summed E-state index contributed by atoms with van der Waals surface area (Å²) < 4.78 is 22.7. The van der Waals surface area contributed by atoms with Gasteiger partial charge in [-0.15, -0.1) is 0 Å². The van der Waals surface area contributed by atoms with E-state index in [-0.39, 0.29) is 17.5 Å². The topological polar surface area (TPSA) is 66.4 Å². The van der Waals surface area contributed by atoms with E-state index in [9.17, 15) is 13.5 Å². The Morgan fingerprint density at radius 3 is 2.59 bits per heavy atom. The zero-order valence-electron chi connectivity index (χ0n) is 9.75. The van der Waals surface area contributed by atoms with Crippen LogP contribution in [0.3, 0.4) is 0 Å². The summed E-state index contributed by atoms with van der Waals surface area (Å²) in [6.07, 6.45) is 6.34. The maximum Gasteiger partial charge on any atom is 0.154 e. The summed E-state index contributed by atoms with van der Waals surface area (Å²) in [7, 11) is -3.03. The lowest BCUT2D eigenvalue weighted by Gasteiger charge is -2.22. The van der Waals surface area contributed by atoms with Crippen molar-refractivity contribution >= 4 is 9.84 Å². The highest BCUT2D eigenvalue weighted by atomic mass is 32.2. The Balaban J connectivity index is 1.54. The van der Waals surface area contributed by atoms with Crippen molar-refractivity contribution in [3.63, 3.8) is 0 Å². The van der Waals surface area contributed by atoms with Crippen LogP contribution < -0.4 is 5.32 Å². The molecule has 0 spiro atoms. The minimum absolute atomic E-state index is 0.0821. The first-order valence-electron chi connectivity index (χ1n) is 6.34. The molecule has 2 bridgehead atoms. The van der Waals surface area contributed by atoms with E-state index in [4.69, 9.17) is 0 Å². The van der Waals surface area contributed by atoms with Gasteiger partial charge in [-0.1, -0.05) is 12.2 Å². The van der Waals surface area contributed by atoms with Gasteiger partial charge < -0.3 is 10.4 Å². The number of rotatable bonds is 3. The number of aliphatic hydroxyl groups is 1. The average Bonchev–Trinajstić information content (AvgIpc) is 2.89. The lowest BCUT2D eigenvalue weighted by molar-refractivity contribution is 0.162. The predicted molar refractivity (Wildman–Crippen MR) is 65.3 cm³/mol. The summed E-state index contributed by atoms with van der Waals surface area (Å²) in [6, 6.07) is -0.261. The lowest BCUT2D eigenvalue weighted by atomic mass is 9.93. The van der Waals surface area contributed by atoms with Crippen molar-refractivity contribution in [2.75, 3.05) is 18.1 Å². The van der Waals surface area contributed by atoms with Gasteiger partial charge in [-0.3, -0.25) is 0 Å². The molecule has 1 saturated carbocycles. The zero-order chi connectivity index (χ0) is 12.0. The number of aliphatic hydroxyl groups excluding tert-OH is 1. The van der Waals surface area contributed by atoms with Crippen molar-refractivity contribution < 1.29 is 13.5 Å². The van der Waals surface area contributed by atoms with Gasteiger partial charge in [-0.2, -0.15) is 0 Å². The number of nitrogens with one attached hydrogen (secondary N) is 1. The number of hydrogen-bond donors (Lipinski definition) is 2. The van der Waals surface area contributed by atoms with Gasteiger partial charge in [0.2, 0.25) is 0 Å². The van der Waals surface area contributed by atoms with E-state index in [1.807, 2.05) is 0 Å². The molecule has 0 aromatic rings. The van der Waals surface area contributed by atoms with Gasteiger partial charge >= 0.3 is 0 Å². The van der Waals surface area contributed by atoms with E-state index in [1.165, 1.54) is 12.8 Å². The average molecular weight is 257 g/mol. The third kappa shape index (κ3) is 2.28. The van der Waals surface area contributed by atoms with Gasteiger partial charge in [0.25, 0.3) is 0 Å². The molecular formula is C12H19NO3S. The Labute approximate surface area is 102 Å². The molecule has 17 heavy (non-hydrogen) atoms. The predicted octanol–water partition coefficient (Wildman–Crippen LogP) is -0.0539. The van der Waals surface area contributed by atoms with Crippen LogP contribution in [0.5, 0.6) is 0 Å². The van der Waals surface area contributed by atoms with Gasteiger partial charge in [0.1, 0.15) is 0 Å². The molecule has 1 saturated heterocycles. The first-order chi connectivity index (χ1) is 8.03. The summed E-state index contributed by atoms with van der Waals surface area (Å²) in [5.74, 6) is 2.04. The van der Waals surface area contributed by atoms with E-state index in [2.05, 4.69) is 17.5 Å². The van der Waals surface area contributed by atoms with Crippen molar-refractivity contribution in [3.05, 3.63) is 12.2 Å². The molecule has 2 N–H and O–H groups in total. The maximum atomic E-state index is 11.4. The standard InChI is InChI=1S/C12H19NO3S/c14-12-7-17(15,16)6-11(12)13-5-10-4-8-1-2-9(10)3-8/h1-2,8-14H,3-7H2/t8-,9-,10+,11+,12-/m1/s1. The number of allylic oxidation sites excluding steroid dienone is 2. The molecule has 0 aromatic heterocycles. The Morgan fingerprint density at radius 2 is 2.06 bits per heavy atom. The van der Waals surface area contributed by atoms with Crippen molar-refractivity contribution in [1.82, 2.24) is 5.32 Å². The summed E-state index contributed by atoms with van der Waals surface area (Å²) in [5.41, 5.74) is 0. The Bertz CT molecular complexity index is 431. The van der Waals surface area contributed by atoms with E-state index in [0.29, 0.717) is 11.8 Å². The van der Waals surface area contributed by atoms with Crippen LogP contribution in [0, 0.1) is 17.8 Å². The van der Waals surface area contributed by atoms with Crippen LogP contribution in [0.1, 0.15) is 12.8 Å². The van der Waals surface area contributed by atoms with Gasteiger partial charge in [0, 0.05) is 6.04 Å². The Morgan fingerprint density at radius 1 is 1.24 bits per heavy atom. The summed E-state index contributed by atoms with van der Waals surface area (Å²) in [5, 5.41) is 12.9. The highest BCUT2D eigenvalue weighted by molar-refractivity contribution is 7.91.